The zero-order valence-corrected chi connectivity index (χ0v) is 6.26. The first-order chi connectivity index (χ1) is 2.81. The molecule has 1 N–H and O–H groups in total. The molecule has 0 amide bonds. The minimum absolute atomic E-state index is 0.0930. The van der Waals surface area contributed by atoms with Crippen LogP contribution in [0.2, 0.25) is 0 Å². The first-order valence-electron chi connectivity index (χ1n) is 1.22. The molecular weight excluding hydrogens is 222 g/mol. The molecule has 0 spiro atoms. The third-order valence-electron chi connectivity index (χ3n) is 0.0742. The fourth-order valence-electron chi connectivity index (χ4n) is 0. The molecule has 0 bridgehead atoms. The van der Waals surface area contributed by atoms with Crippen LogP contribution in [0.1, 0.15) is 0 Å². The van der Waals surface area contributed by atoms with E-state index < -0.39 is 19.3 Å². The Morgan fingerprint density at radius 3 is 3.00 bits per heavy atom. The predicted octanol–water partition coefficient (Wildman–Crippen LogP) is 2.79. The molecule has 0 saturated heterocycles. The summed E-state index contributed by atoms with van der Waals surface area (Å²) in [6, 6.07) is 0.0930. The molecule has 0 fully saturated rings. The molecule has 0 aliphatic carbocycles. The summed E-state index contributed by atoms with van der Waals surface area (Å²) in [6.45, 7) is -0.328. The number of hydrogen-bond donors (Lipinski definition) is 1. The Labute approximate surface area is 41.7 Å². The van der Waals surface area contributed by atoms with Crippen LogP contribution in [-0.4, -0.2) is 1.28 Å². The predicted molar refractivity (Wildman–Crippen MR) is 34.5 cm³/mol. The van der Waals surface area contributed by atoms with Crippen molar-refractivity contribution >= 4 is 32.1 Å². The summed E-state index contributed by atoms with van der Waals surface area (Å²) in [5, 5.41) is 6.36. The average molecular weight is 227 g/mol. The van der Waals surface area contributed by atoms with Crippen molar-refractivity contribution in [1.29, 1.82) is 6.44 Å². The van der Waals surface area contributed by atoms with E-state index >= 15 is 0 Å². The van der Waals surface area contributed by atoms with Gasteiger partial charge in [0.05, 0.1) is 0 Å². The van der Waals surface area contributed by atoms with Crippen LogP contribution in [0.5, 0.6) is 0 Å². The van der Waals surface area contributed by atoms with Crippen molar-refractivity contribution < 1.29 is 2.86 Å². The van der Waals surface area contributed by atoms with E-state index in [-0.39, 0.29) is 12.8 Å². The summed E-state index contributed by atoms with van der Waals surface area (Å²) in [7, 11) is 0. The Morgan fingerprint density at radius 2 is 3.00 bits per heavy atom. The second-order valence-electron chi connectivity index (χ2n) is 0.304. The fourth-order valence-corrected chi connectivity index (χ4v) is 0. The fraction of sp³-hybridized carbons (Fsp3) is 0. The van der Waals surface area contributed by atoms with Crippen molar-refractivity contribution in [3.63, 3.8) is 0 Å². The summed E-state index contributed by atoms with van der Waals surface area (Å²) in [5.74, 6) is 0. The van der Waals surface area contributed by atoms with Gasteiger partial charge in [0.15, 0.2) is 0 Å². The minimum atomic E-state index is -2.47. The Morgan fingerprint density at radius 1 is 2.40 bits per heavy atom. The van der Waals surface area contributed by atoms with Gasteiger partial charge in [-0.3, -0.25) is 0 Å². The van der Waals surface area contributed by atoms with Gasteiger partial charge in [-0.15, -0.1) is 0 Å². The van der Waals surface area contributed by atoms with Gasteiger partial charge in [-0.1, -0.05) is 0 Å². The van der Waals surface area contributed by atoms with Gasteiger partial charge in [0.1, 0.15) is 0 Å². The van der Waals surface area contributed by atoms with Crippen molar-refractivity contribution in [1.82, 2.24) is 0 Å². The van der Waals surface area contributed by atoms with Crippen molar-refractivity contribution in [3.8, 4) is 0 Å². The van der Waals surface area contributed by atoms with E-state index in [0.717, 1.165) is 0 Å². The maximum atomic E-state index is 11.6. The Kier molecular flexibility index (Phi) is 2.94. The summed E-state index contributed by atoms with van der Waals surface area (Å²) < 4.78 is 18.0. The van der Waals surface area contributed by atoms with Gasteiger partial charge in [-0.2, -0.15) is 0 Å². The zero-order chi connectivity index (χ0) is 4.99. The second kappa shape index (κ2) is 3.38. The molecule has 1 nitrogen and oxygen atoms in total. The molecule has 0 aromatic rings. The molecule has 0 heterocycles. The molecule has 0 aromatic carbocycles. The van der Waals surface area contributed by atoms with Gasteiger partial charge in [-0.05, 0) is 0 Å². The average Bonchev–Trinajstić information content (AvgIpc) is 1.65. The third-order valence-corrected chi connectivity index (χ3v) is 3.19. The second-order valence-corrected chi connectivity index (χ2v) is 9.53. The van der Waals surface area contributed by atoms with E-state index in [4.69, 9.17) is 6.44 Å². The Bertz CT molecular complexity index is 50.8. The molecule has 0 rings (SSSR count). The van der Waals surface area contributed by atoms with E-state index in [2.05, 4.69) is 0 Å². The maximum absolute atomic E-state index is 11.6. The normalized spacial score (nSPS) is 17.0. The summed E-state index contributed by atoms with van der Waals surface area (Å²) in [5.41, 5.74) is 0. The third kappa shape index (κ3) is 5.19. The topological polar surface area (TPSA) is 23.9 Å². The van der Waals surface area contributed by atoms with Crippen LogP contribution in [0, 0.1) is 5.16 Å². The van der Waals surface area contributed by atoms with E-state index in [1.807, 2.05) is 0 Å². The summed E-state index contributed by atoms with van der Waals surface area (Å²) in [6.07, 6.45) is 0. The Hall–Kier alpha value is 1.19. The van der Waals surface area contributed by atoms with Gasteiger partial charge in [-0.25, -0.2) is 0 Å². The van der Waals surface area contributed by atoms with Crippen molar-refractivity contribution in [2.45, 2.75) is 0 Å². The van der Waals surface area contributed by atoms with Crippen LogP contribution >= 0.6 is 32.1 Å². The van der Waals surface area contributed by atoms with Crippen LogP contribution in [-0.2, 0) is 0 Å². The van der Waals surface area contributed by atoms with Gasteiger partial charge < -0.3 is 0 Å². The van der Waals surface area contributed by atoms with Crippen molar-refractivity contribution in [2.24, 2.45) is 0 Å². The number of halogens is 2. The van der Waals surface area contributed by atoms with Gasteiger partial charge in [0, 0.05) is 0 Å². The van der Waals surface area contributed by atoms with E-state index in [9.17, 15) is 2.86 Å². The quantitative estimate of drug-likeness (QED) is 0.553. The van der Waals surface area contributed by atoms with Gasteiger partial charge in [0.25, 0.3) is 0 Å². The standard InChI is InChI=1S/FH3INP2/c1-2(4)5-3/h3H,4H2/i4T. The molecule has 32 valence electrons. The number of hydrogen-bond acceptors (Lipinski definition) is 1. The van der Waals surface area contributed by atoms with Crippen LogP contribution in [0.25, 0.3) is 0 Å². The SMILES string of the molecule is [3H]PI(F)P=N. The van der Waals surface area contributed by atoms with Gasteiger partial charge in [0.2, 0.25) is 0 Å². The van der Waals surface area contributed by atoms with Crippen LogP contribution < -0.4 is 0 Å². The van der Waals surface area contributed by atoms with Crippen molar-refractivity contribution in [2.75, 3.05) is 0 Å². The molecular formula is H3FINP2. The van der Waals surface area contributed by atoms with E-state index in [1.165, 1.54) is 0 Å². The molecule has 5 heavy (non-hydrogen) atoms. The number of nitrogens with one attached hydrogen (secondary N) is 1. The van der Waals surface area contributed by atoms with Crippen LogP contribution in [0.3, 0.4) is 0 Å². The van der Waals surface area contributed by atoms with Crippen molar-refractivity contribution in [3.05, 3.63) is 0 Å². The molecule has 0 saturated carbocycles. The first kappa shape index (κ1) is 4.35. The zero-order valence-electron chi connectivity index (χ0n) is 3.20. The van der Waals surface area contributed by atoms with E-state index in [0.29, 0.717) is 0 Å². The molecule has 1 unspecified atom stereocenters. The molecule has 0 radical (unpaired) electrons. The monoisotopic (exact) mass is 227 g/mol. The summed E-state index contributed by atoms with van der Waals surface area (Å²) >= 11 is -2.47. The van der Waals surface area contributed by atoms with Crippen LogP contribution in [0.15, 0.2) is 0 Å². The van der Waals surface area contributed by atoms with E-state index in [1.54, 1.807) is 0 Å². The number of rotatable bonds is 2. The first-order valence-corrected chi connectivity index (χ1v) is 8.83. The van der Waals surface area contributed by atoms with Gasteiger partial charge >= 0.3 is 41.4 Å². The molecule has 0 aliphatic heterocycles. The summed E-state index contributed by atoms with van der Waals surface area (Å²) in [4.78, 5) is 0. The molecule has 1 atom stereocenters. The Balaban J connectivity index is 2.96. The molecule has 0 aliphatic rings. The van der Waals surface area contributed by atoms with Crippen LogP contribution in [0.4, 0.5) is 2.86 Å². The molecule has 5 heteroatoms. The molecule has 0 aromatic heterocycles.